The largest absolute Gasteiger partial charge is 0.305 e. The molecule has 0 fully saturated rings. The second-order valence-electron chi connectivity index (χ2n) is 3.59. The van der Waals surface area contributed by atoms with Crippen LogP contribution >= 0.6 is 27.3 Å². The van der Waals surface area contributed by atoms with Crippen molar-refractivity contribution in [3.63, 3.8) is 0 Å². The van der Waals surface area contributed by atoms with Gasteiger partial charge >= 0.3 is 0 Å². The number of hydrogen-bond donors (Lipinski definition) is 1. The molecule has 0 bridgehead atoms. The average Bonchev–Trinajstić information content (AvgIpc) is 2.73. The number of hydrogen-bond acceptors (Lipinski definition) is 3. The molecule has 0 unspecified atom stereocenters. The van der Waals surface area contributed by atoms with Gasteiger partial charge in [0.15, 0.2) is 0 Å². The second kappa shape index (κ2) is 5.57. The highest BCUT2D eigenvalue weighted by Crippen LogP contribution is 2.22. The lowest BCUT2D eigenvalue weighted by Gasteiger charge is -2.12. The number of halogens is 1. The van der Waals surface area contributed by atoms with Crippen molar-refractivity contribution >= 4 is 27.3 Å². The van der Waals surface area contributed by atoms with E-state index in [0.29, 0.717) is 6.04 Å². The van der Waals surface area contributed by atoms with Crippen LogP contribution in [0.1, 0.15) is 23.4 Å². The first-order valence-electron chi connectivity index (χ1n) is 5.13. The van der Waals surface area contributed by atoms with E-state index in [0.717, 1.165) is 6.54 Å². The van der Waals surface area contributed by atoms with Crippen LogP contribution in [-0.4, -0.2) is 4.98 Å². The molecule has 0 aromatic carbocycles. The Balaban J connectivity index is 1.91. The van der Waals surface area contributed by atoms with E-state index in [1.54, 1.807) is 11.3 Å². The molecule has 0 aliphatic carbocycles. The maximum atomic E-state index is 4.02. The number of rotatable bonds is 4. The quantitative estimate of drug-likeness (QED) is 0.929. The first-order chi connectivity index (χ1) is 7.75. The molecule has 2 nitrogen and oxygen atoms in total. The van der Waals surface area contributed by atoms with Gasteiger partial charge in [0.25, 0.3) is 0 Å². The molecule has 2 heterocycles. The second-order valence-corrected chi connectivity index (χ2v) is 6.14. The standard InChI is InChI=1S/C12H13BrN2S/c1-9(10-4-6-14-7-5-10)15-8-11-2-3-12(13)16-11/h2-7,9,15H,8H2,1H3/t9-/m0/s1. The van der Waals surface area contributed by atoms with Gasteiger partial charge in [-0.3, -0.25) is 4.98 Å². The third-order valence-corrected chi connectivity index (χ3v) is 4.04. The topological polar surface area (TPSA) is 24.9 Å². The Kier molecular flexibility index (Phi) is 4.09. The van der Waals surface area contributed by atoms with E-state index in [-0.39, 0.29) is 0 Å². The fraction of sp³-hybridized carbons (Fsp3) is 0.250. The van der Waals surface area contributed by atoms with Gasteiger partial charge in [-0.25, -0.2) is 0 Å². The van der Waals surface area contributed by atoms with Crippen molar-refractivity contribution in [2.45, 2.75) is 19.5 Å². The number of nitrogens with one attached hydrogen (secondary N) is 1. The van der Waals surface area contributed by atoms with E-state index < -0.39 is 0 Å². The molecule has 1 atom stereocenters. The molecule has 2 aromatic rings. The third-order valence-electron chi connectivity index (χ3n) is 2.42. The van der Waals surface area contributed by atoms with E-state index in [9.17, 15) is 0 Å². The zero-order valence-corrected chi connectivity index (χ0v) is 11.4. The smallest absolute Gasteiger partial charge is 0.0701 e. The minimum Gasteiger partial charge on any atom is -0.305 e. The van der Waals surface area contributed by atoms with Gasteiger partial charge in [0.2, 0.25) is 0 Å². The first kappa shape index (κ1) is 11.8. The summed E-state index contributed by atoms with van der Waals surface area (Å²) in [5.41, 5.74) is 1.27. The van der Waals surface area contributed by atoms with Crippen LogP contribution in [0.3, 0.4) is 0 Å². The van der Waals surface area contributed by atoms with E-state index >= 15 is 0 Å². The Bertz CT molecular complexity index is 441. The highest BCUT2D eigenvalue weighted by molar-refractivity contribution is 9.11. The number of aromatic nitrogens is 1. The molecule has 2 aromatic heterocycles. The molecule has 84 valence electrons. The monoisotopic (exact) mass is 296 g/mol. The Labute approximate surface area is 108 Å². The molecule has 0 aliphatic heterocycles. The normalized spacial score (nSPS) is 12.6. The fourth-order valence-corrected chi connectivity index (χ4v) is 2.90. The van der Waals surface area contributed by atoms with Crippen molar-refractivity contribution in [3.8, 4) is 0 Å². The lowest BCUT2D eigenvalue weighted by Crippen LogP contribution is -2.17. The fourth-order valence-electron chi connectivity index (χ4n) is 1.47. The maximum Gasteiger partial charge on any atom is 0.0701 e. The minimum atomic E-state index is 0.351. The zero-order chi connectivity index (χ0) is 11.4. The van der Waals surface area contributed by atoms with Crippen molar-refractivity contribution in [1.82, 2.24) is 10.3 Å². The molecule has 0 spiro atoms. The van der Waals surface area contributed by atoms with E-state index in [4.69, 9.17) is 0 Å². The van der Waals surface area contributed by atoms with Crippen LogP contribution in [-0.2, 0) is 6.54 Å². The van der Waals surface area contributed by atoms with E-state index in [1.165, 1.54) is 14.2 Å². The van der Waals surface area contributed by atoms with Crippen LogP contribution in [0.5, 0.6) is 0 Å². The predicted molar refractivity (Wildman–Crippen MR) is 71.5 cm³/mol. The molecule has 4 heteroatoms. The third kappa shape index (κ3) is 3.14. The Morgan fingerprint density at radius 2 is 2.06 bits per heavy atom. The van der Waals surface area contributed by atoms with Crippen molar-refractivity contribution in [2.75, 3.05) is 0 Å². The van der Waals surface area contributed by atoms with E-state index in [1.807, 2.05) is 24.5 Å². The van der Waals surface area contributed by atoms with Gasteiger partial charge in [0.05, 0.1) is 3.79 Å². The van der Waals surface area contributed by atoms with Gasteiger partial charge < -0.3 is 5.32 Å². The molecule has 1 N–H and O–H groups in total. The van der Waals surface area contributed by atoms with Gasteiger partial charge in [-0.2, -0.15) is 0 Å². The van der Waals surface area contributed by atoms with Crippen LogP contribution in [0.25, 0.3) is 0 Å². The Morgan fingerprint density at radius 1 is 1.31 bits per heavy atom. The van der Waals surface area contributed by atoms with Gasteiger partial charge in [-0.1, -0.05) is 0 Å². The van der Waals surface area contributed by atoms with Crippen molar-refractivity contribution in [1.29, 1.82) is 0 Å². The summed E-state index contributed by atoms with van der Waals surface area (Å²) in [6.45, 7) is 3.07. The van der Waals surface area contributed by atoms with Crippen molar-refractivity contribution < 1.29 is 0 Å². The maximum absolute atomic E-state index is 4.02. The highest BCUT2D eigenvalue weighted by atomic mass is 79.9. The minimum absolute atomic E-state index is 0.351. The van der Waals surface area contributed by atoms with Crippen LogP contribution < -0.4 is 5.32 Å². The molecule has 0 saturated carbocycles. The summed E-state index contributed by atoms with van der Waals surface area (Å²) in [4.78, 5) is 5.36. The lowest BCUT2D eigenvalue weighted by atomic mass is 10.1. The SMILES string of the molecule is C[C@H](NCc1ccc(Br)s1)c1ccncc1. The summed E-state index contributed by atoms with van der Waals surface area (Å²) in [5, 5.41) is 3.49. The van der Waals surface area contributed by atoms with Gasteiger partial charge in [0, 0.05) is 29.9 Å². The molecule has 0 saturated heterocycles. The van der Waals surface area contributed by atoms with Crippen LogP contribution in [0.4, 0.5) is 0 Å². The van der Waals surface area contributed by atoms with Crippen LogP contribution in [0.2, 0.25) is 0 Å². The molecule has 0 aliphatic rings. The Morgan fingerprint density at radius 3 is 2.69 bits per heavy atom. The number of pyridine rings is 1. The van der Waals surface area contributed by atoms with Gasteiger partial charge in [0.1, 0.15) is 0 Å². The first-order valence-corrected chi connectivity index (χ1v) is 6.74. The molecular weight excluding hydrogens is 284 g/mol. The summed E-state index contributed by atoms with van der Waals surface area (Å²) in [6, 6.07) is 8.66. The zero-order valence-electron chi connectivity index (χ0n) is 8.98. The van der Waals surface area contributed by atoms with Crippen LogP contribution in [0, 0.1) is 0 Å². The summed E-state index contributed by atoms with van der Waals surface area (Å²) in [7, 11) is 0. The van der Waals surface area contributed by atoms with Crippen LogP contribution in [0.15, 0.2) is 40.4 Å². The van der Waals surface area contributed by atoms with Crippen molar-refractivity contribution in [2.24, 2.45) is 0 Å². The number of thiophene rings is 1. The highest BCUT2D eigenvalue weighted by Gasteiger charge is 2.04. The predicted octanol–water partition coefficient (Wildman–Crippen LogP) is 3.76. The molecular formula is C12H13BrN2S. The average molecular weight is 297 g/mol. The molecule has 0 radical (unpaired) electrons. The summed E-state index contributed by atoms with van der Waals surface area (Å²) in [6.07, 6.45) is 3.66. The summed E-state index contributed by atoms with van der Waals surface area (Å²) < 4.78 is 1.18. The number of nitrogens with zero attached hydrogens (tertiary/aromatic N) is 1. The molecule has 16 heavy (non-hydrogen) atoms. The van der Waals surface area contributed by atoms with Gasteiger partial charge in [-0.05, 0) is 52.7 Å². The van der Waals surface area contributed by atoms with Crippen molar-refractivity contribution in [3.05, 3.63) is 50.9 Å². The lowest BCUT2D eigenvalue weighted by molar-refractivity contribution is 0.578. The summed E-state index contributed by atoms with van der Waals surface area (Å²) >= 11 is 5.23. The van der Waals surface area contributed by atoms with E-state index in [2.05, 4.69) is 45.3 Å². The molecule has 0 amide bonds. The summed E-state index contributed by atoms with van der Waals surface area (Å²) in [5.74, 6) is 0. The van der Waals surface area contributed by atoms with Gasteiger partial charge in [-0.15, -0.1) is 11.3 Å². The Hall–Kier alpha value is -0.710. The molecule has 2 rings (SSSR count).